The zero-order valence-corrected chi connectivity index (χ0v) is 12.3. The number of aryl methyl sites for hydroxylation is 2. The summed E-state index contributed by atoms with van der Waals surface area (Å²) in [5, 5.41) is 5.02. The van der Waals surface area contributed by atoms with Crippen LogP contribution in [0.25, 0.3) is 0 Å². The first-order valence-electron chi connectivity index (χ1n) is 6.36. The number of nitrogens with zero attached hydrogens (tertiary/aromatic N) is 1. The maximum atomic E-state index is 12.1. The predicted molar refractivity (Wildman–Crippen MR) is 80.2 cm³/mol. The lowest BCUT2D eigenvalue weighted by atomic mass is 9.99. The van der Waals surface area contributed by atoms with Gasteiger partial charge in [-0.1, -0.05) is 17.7 Å². The van der Waals surface area contributed by atoms with Crippen molar-refractivity contribution < 1.29 is 9.59 Å². The highest BCUT2D eigenvalue weighted by Crippen LogP contribution is 2.15. The largest absolute Gasteiger partial charge is 0.302 e. The third-order valence-electron chi connectivity index (χ3n) is 2.95. The normalized spacial score (nSPS) is 10.3. The van der Waals surface area contributed by atoms with Gasteiger partial charge in [-0.05, 0) is 25.5 Å². The molecule has 4 nitrogen and oxygen atoms in total. The highest BCUT2D eigenvalue weighted by atomic mass is 32.1. The van der Waals surface area contributed by atoms with E-state index in [0.29, 0.717) is 10.7 Å². The monoisotopic (exact) mass is 288 g/mol. The first-order valence-corrected chi connectivity index (χ1v) is 7.24. The zero-order valence-electron chi connectivity index (χ0n) is 11.5. The summed E-state index contributed by atoms with van der Waals surface area (Å²) in [6.45, 7) is 3.85. The zero-order chi connectivity index (χ0) is 14.5. The van der Waals surface area contributed by atoms with Crippen LogP contribution in [0.1, 0.15) is 34.3 Å². The Morgan fingerprint density at radius 1 is 1.25 bits per heavy atom. The fourth-order valence-electron chi connectivity index (χ4n) is 1.86. The van der Waals surface area contributed by atoms with Crippen LogP contribution in [0.3, 0.4) is 0 Å². The van der Waals surface area contributed by atoms with Gasteiger partial charge in [0.15, 0.2) is 10.9 Å². The molecule has 20 heavy (non-hydrogen) atoms. The molecule has 1 aromatic heterocycles. The number of carbonyl (C=O) groups excluding carboxylic acids is 2. The van der Waals surface area contributed by atoms with Crippen LogP contribution >= 0.6 is 11.3 Å². The second-order valence-corrected chi connectivity index (χ2v) is 5.52. The number of nitrogens with one attached hydrogen (secondary N) is 1. The Labute approximate surface area is 121 Å². The number of amides is 1. The Balaban J connectivity index is 1.92. The number of benzene rings is 1. The van der Waals surface area contributed by atoms with Crippen molar-refractivity contribution in [3.05, 3.63) is 46.5 Å². The smallest absolute Gasteiger partial charge is 0.226 e. The Bertz CT molecular complexity index is 621. The molecule has 0 saturated heterocycles. The van der Waals surface area contributed by atoms with E-state index in [4.69, 9.17) is 0 Å². The van der Waals surface area contributed by atoms with Gasteiger partial charge in [-0.25, -0.2) is 4.98 Å². The van der Waals surface area contributed by atoms with Gasteiger partial charge in [-0.2, -0.15) is 0 Å². The highest BCUT2D eigenvalue weighted by Gasteiger charge is 2.12. The molecule has 2 aromatic rings. The standard InChI is InChI=1S/C15H16N2O2S/c1-10-3-4-11(2)12(9-10)13(18)5-6-14(19)17-15-16-7-8-20-15/h3-4,7-9H,5-6H2,1-2H3,(H,16,17,19). The molecule has 0 spiro atoms. The number of hydrogen-bond donors (Lipinski definition) is 1. The number of thiazole rings is 1. The maximum absolute atomic E-state index is 12.1. The summed E-state index contributed by atoms with van der Waals surface area (Å²) >= 11 is 1.36. The molecule has 0 radical (unpaired) electrons. The van der Waals surface area contributed by atoms with Gasteiger partial charge in [-0.15, -0.1) is 11.3 Å². The van der Waals surface area contributed by atoms with Crippen molar-refractivity contribution >= 4 is 28.2 Å². The van der Waals surface area contributed by atoms with E-state index in [9.17, 15) is 9.59 Å². The number of Topliss-reactive ketones (excluding diaryl/α,β-unsaturated/α-hetero) is 1. The number of anilines is 1. The average molecular weight is 288 g/mol. The molecular formula is C15H16N2O2S. The summed E-state index contributed by atoms with van der Waals surface area (Å²) in [7, 11) is 0. The number of aromatic nitrogens is 1. The SMILES string of the molecule is Cc1ccc(C)c(C(=O)CCC(=O)Nc2nccs2)c1. The van der Waals surface area contributed by atoms with E-state index < -0.39 is 0 Å². The molecule has 1 amide bonds. The average Bonchev–Trinajstić information content (AvgIpc) is 2.91. The molecule has 0 unspecified atom stereocenters. The van der Waals surface area contributed by atoms with Gasteiger partial charge in [0.2, 0.25) is 5.91 Å². The summed E-state index contributed by atoms with van der Waals surface area (Å²) in [6.07, 6.45) is 2.01. The number of ketones is 1. The van der Waals surface area contributed by atoms with E-state index in [0.717, 1.165) is 11.1 Å². The van der Waals surface area contributed by atoms with Crippen LogP contribution in [0.15, 0.2) is 29.8 Å². The lowest BCUT2D eigenvalue weighted by Crippen LogP contribution is -2.13. The molecule has 0 fully saturated rings. The quantitative estimate of drug-likeness (QED) is 0.858. The van der Waals surface area contributed by atoms with Crippen LogP contribution in [0.4, 0.5) is 5.13 Å². The van der Waals surface area contributed by atoms with Crippen molar-refractivity contribution in [2.24, 2.45) is 0 Å². The molecule has 0 aliphatic rings. The molecule has 0 saturated carbocycles. The summed E-state index contributed by atoms with van der Waals surface area (Å²) in [5.74, 6) is -0.181. The molecular weight excluding hydrogens is 272 g/mol. The van der Waals surface area contributed by atoms with E-state index in [-0.39, 0.29) is 24.5 Å². The predicted octanol–water partition coefficient (Wildman–Crippen LogP) is 3.36. The first-order chi connectivity index (χ1) is 9.56. The molecule has 1 heterocycles. The lowest BCUT2D eigenvalue weighted by Gasteiger charge is -2.06. The van der Waals surface area contributed by atoms with Gasteiger partial charge in [0, 0.05) is 30.0 Å². The van der Waals surface area contributed by atoms with Gasteiger partial charge in [0.1, 0.15) is 0 Å². The van der Waals surface area contributed by atoms with Crippen LogP contribution < -0.4 is 5.32 Å². The van der Waals surface area contributed by atoms with E-state index in [1.165, 1.54) is 11.3 Å². The Kier molecular flexibility index (Phi) is 4.63. The number of hydrogen-bond acceptors (Lipinski definition) is 4. The maximum Gasteiger partial charge on any atom is 0.226 e. The molecule has 0 aliphatic carbocycles. The van der Waals surface area contributed by atoms with Crippen LogP contribution in [-0.4, -0.2) is 16.7 Å². The van der Waals surface area contributed by atoms with E-state index in [1.807, 2.05) is 32.0 Å². The van der Waals surface area contributed by atoms with Gasteiger partial charge in [0.25, 0.3) is 0 Å². The molecule has 2 rings (SSSR count). The van der Waals surface area contributed by atoms with Crippen LogP contribution in [-0.2, 0) is 4.79 Å². The third-order valence-corrected chi connectivity index (χ3v) is 3.64. The van der Waals surface area contributed by atoms with Gasteiger partial charge in [0.05, 0.1) is 0 Å². The summed E-state index contributed by atoms with van der Waals surface area (Å²) in [4.78, 5) is 27.8. The molecule has 1 aromatic carbocycles. The summed E-state index contributed by atoms with van der Waals surface area (Å²) in [6, 6.07) is 5.77. The number of rotatable bonds is 5. The van der Waals surface area contributed by atoms with E-state index >= 15 is 0 Å². The fourth-order valence-corrected chi connectivity index (χ4v) is 2.41. The topological polar surface area (TPSA) is 59.1 Å². The Morgan fingerprint density at radius 3 is 2.75 bits per heavy atom. The Morgan fingerprint density at radius 2 is 2.05 bits per heavy atom. The first kappa shape index (κ1) is 14.4. The molecule has 0 aliphatic heterocycles. The summed E-state index contributed by atoms with van der Waals surface area (Å²) < 4.78 is 0. The minimum Gasteiger partial charge on any atom is -0.302 e. The van der Waals surface area contributed by atoms with Crippen molar-refractivity contribution in [2.75, 3.05) is 5.32 Å². The van der Waals surface area contributed by atoms with Gasteiger partial charge >= 0.3 is 0 Å². The van der Waals surface area contributed by atoms with Crippen molar-refractivity contribution in [1.82, 2.24) is 4.98 Å². The summed E-state index contributed by atoms with van der Waals surface area (Å²) in [5.41, 5.74) is 2.69. The molecule has 1 N–H and O–H groups in total. The fraction of sp³-hybridized carbons (Fsp3) is 0.267. The van der Waals surface area contributed by atoms with Gasteiger partial charge in [-0.3, -0.25) is 9.59 Å². The van der Waals surface area contributed by atoms with Crippen LogP contribution in [0.5, 0.6) is 0 Å². The Hall–Kier alpha value is -2.01. The number of carbonyl (C=O) groups is 2. The van der Waals surface area contributed by atoms with Gasteiger partial charge < -0.3 is 5.32 Å². The second-order valence-electron chi connectivity index (χ2n) is 4.63. The lowest BCUT2D eigenvalue weighted by molar-refractivity contribution is -0.116. The van der Waals surface area contributed by atoms with Crippen LogP contribution in [0.2, 0.25) is 0 Å². The molecule has 104 valence electrons. The van der Waals surface area contributed by atoms with Crippen LogP contribution in [0, 0.1) is 13.8 Å². The van der Waals surface area contributed by atoms with Crippen molar-refractivity contribution in [1.29, 1.82) is 0 Å². The minimum atomic E-state index is -0.182. The highest BCUT2D eigenvalue weighted by molar-refractivity contribution is 7.13. The van der Waals surface area contributed by atoms with Crippen molar-refractivity contribution in [3.8, 4) is 0 Å². The van der Waals surface area contributed by atoms with E-state index in [2.05, 4.69) is 10.3 Å². The molecule has 0 bridgehead atoms. The van der Waals surface area contributed by atoms with E-state index in [1.54, 1.807) is 11.6 Å². The molecule has 0 atom stereocenters. The second kappa shape index (κ2) is 6.43. The minimum absolute atomic E-state index is 0.000453. The third kappa shape index (κ3) is 3.74. The van der Waals surface area contributed by atoms with Crippen molar-refractivity contribution in [3.63, 3.8) is 0 Å². The molecule has 5 heteroatoms. The van der Waals surface area contributed by atoms with Crippen molar-refractivity contribution in [2.45, 2.75) is 26.7 Å².